The lowest BCUT2D eigenvalue weighted by molar-refractivity contribution is 0.669. The maximum atomic E-state index is 6.98. The lowest BCUT2D eigenvalue weighted by Crippen LogP contribution is -2.10. The first-order valence-corrected chi connectivity index (χ1v) is 18.7. The van der Waals surface area contributed by atoms with Crippen LogP contribution in [0.2, 0.25) is 0 Å². The van der Waals surface area contributed by atoms with Gasteiger partial charge in [-0.1, -0.05) is 152 Å². The van der Waals surface area contributed by atoms with E-state index in [1.54, 1.807) is 0 Å². The zero-order chi connectivity index (χ0) is 36.3. The van der Waals surface area contributed by atoms with E-state index < -0.39 is 0 Å². The van der Waals surface area contributed by atoms with Crippen molar-refractivity contribution in [3.8, 4) is 33.4 Å². The fourth-order valence-corrected chi connectivity index (χ4v) is 8.25. The van der Waals surface area contributed by atoms with Gasteiger partial charge in [-0.2, -0.15) is 0 Å². The fraction of sp³-hybridized carbons (Fsp3) is 0. The maximum absolute atomic E-state index is 6.98. The number of hydrogen-bond donors (Lipinski definition) is 0. The van der Waals surface area contributed by atoms with Crippen LogP contribution in [-0.4, -0.2) is 0 Å². The van der Waals surface area contributed by atoms with Crippen molar-refractivity contribution < 1.29 is 8.83 Å². The van der Waals surface area contributed by atoms with Gasteiger partial charge in [0.15, 0.2) is 5.58 Å². The Bertz CT molecular complexity index is 3200. The number of hydrogen-bond acceptors (Lipinski definition) is 3. The molecule has 9 aromatic carbocycles. The number of fused-ring (bicyclic) bond motifs is 7. The van der Waals surface area contributed by atoms with Crippen molar-refractivity contribution in [2.75, 3.05) is 4.90 Å². The van der Waals surface area contributed by atoms with Crippen molar-refractivity contribution in [3.63, 3.8) is 0 Å². The molecule has 0 aliphatic heterocycles. The Kier molecular flexibility index (Phi) is 7.17. The number of benzene rings is 9. The third-order valence-corrected chi connectivity index (χ3v) is 10.9. The highest BCUT2D eigenvalue weighted by Gasteiger charge is 2.21. The van der Waals surface area contributed by atoms with Crippen LogP contribution in [0.5, 0.6) is 0 Å². The molecule has 11 aromatic rings. The van der Waals surface area contributed by atoms with Gasteiger partial charge in [0, 0.05) is 38.5 Å². The summed E-state index contributed by atoms with van der Waals surface area (Å²) in [5.74, 6) is 0. The van der Waals surface area contributed by atoms with E-state index in [0.29, 0.717) is 0 Å². The zero-order valence-corrected chi connectivity index (χ0v) is 29.8. The Morgan fingerprint density at radius 2 is 0.945 bits per heavy atom. The van der Waals surface area contributed by atoms with Crippen LogP contribution in [0.3, 0.4) is 0 Å². The number of para-hydroxylation sites is 3. The summed E-state index contributed by atoms with van der Waals surface area (Å²) < 4.78 is 13.1. The predicted molar refractivity (Wildman–Crippen MR) is 229 cm³/mol. The van der Waals surface area contributed by atoms with Crippen LogP contribution in [0.25, 0.3) is 88.0 Å². The first-order chi connectivity index (χ1) is 27.3. The molecule has 0 spiro atoms. The summed E-state index contributed by atoms with van der Waals surface area (Å²) in [6.07, 6.45) is 0. The van der Waals surface area contributed by atoms with Crippen molar-refractivity contribution in [2.24, 2.45) is 0 Å². The lowest BCUT2D eigenvalue weighted by Gasteiger charge is -2.26. The van der Waals surface area contributed by atoms with Gasteiger partial charge in [0.1, 0.15) is 16.7 Å². The fourth-order valence-electron chi connectivity index (χ4n) is 8.25. The summed E-state index contributed by atoms with van der Waals surface area (Å²) in [6, 6.07) is 70.9. The van der Waals surface area contributed by atoms with E-state index in [1.165, 1.54) is 16.3 Å². The first-order valence-electron chi connectivity index (χ1n) is 18.7. The summed E-state index contributed by atoms with van der Waals surface area (Å²) in [5, 5.41) is 6.88. The summed E-state index contributed by atoms with van der Waals surface area (Å²) in [6.45, 7) is 0. The molecule has 0 unspecified atom stereocenters. The SMILES string of the molecule is c1ccc(-c2cccc3c2oc2c(N(c4ccc(-c5ccc6oc7ccccc7c6c5)cc4)c4cccc(-c5cccc6ccccc56)c4)cccc23)cc1. The Labute approximate surface area is 317 Å². The number of nitrogens with zero attached hydrogens (tertiary/aromatic N) is 1. The van der Waals surface area contributed by atoms with Crippen LogP contribution in [-0.2, 0) is 0 Å². The molecule has 0 saturated heterocycles. The van der Waals surface area contributed by atoms with E-state index in [1.807, 2.05) is 18.2 Å². The summed E-state index contributed by atoms with van der Waals surface area (Å²) in [5.41, 5.74) is 13.4. The highest BCUT2D eigenvalue weighted by molar-refractivity contribution is 6.14. The molecule has 0 aliphatic carbocycles. The molecule has 11 rings (SSSR count). The second-order valence-electron chi connectivity index (χ2n) is 14.1. The minimum atomic E-state index is 0.845. The van der Waals surface area contributed by atoms with E-state index in [0.717, 1.165) is 88.8 Å². The molecule has 0 amide bonds. The second-order valence-corrected chi connectivity index (χ2v) is 14.1. The van der Waals surface area contributed by atoms with Crippen LogP contribution in [0.1, 0.15) is 0 Å². The van der Waals surface area contributed by atoms with Gasteiger partial charge in [-0.15, -0.1) is 0 Å². The summed E-state index contributed by atoms with van der Waals surface area (Å²) >= 11 is 0. The van der Waals surface area contributed by atoms with E-state index in [4.69, 9.17) is 8.83 Å². The molecule has 2 heterocycles. The molecule has 2 aromatic heterocycles. The zero-order valence-electron chi connectivity index (χ0n) is 29.8. The lowest BCUT2D eigenvalue weighted by atomic mass is 9.97. The Hall–Kier alpha value is -7.36. The highest BCUT2D eigenvalue weighted by Crippen LogP contribution is 2.45. The van der Waals surface area contributed by atoms with Crippen LogP contribution in [0.4, 0.5) is 17.1 Å². The number of furan rings is 2. The van der Waals surface area contributed by atoms with Crippen LogP contribution < -0.4 is 4.90 Å². The quantitative estimate of drug-likeness (QED) is 0.173. The molecule has 258 valence electrons. The average Bonchev–Trinajstić information content (AvgIpc) is 3.83. The molecule has 0 atom stereocenters. The smallest absolute Gasteiger partial charge is 0.159 e. The number of rotatable bonds is 6. The summed E-state index contributed by atoms with van der Waals surface area (Å²) in [4.78, 5) is 2.33. The molecule has 0 bridgehead atoms. The second kappa shape index (κ2) is 12.6. The van der Waals surface area contributed by atoms with Gasteiger partial charge in [-0.25, -0.2) is 0 Å². The standard InChI is InChI=1S/C52H33NO2/c1-2-12-36(13-3-1)43-21-10-22-45-46-23-11-24-48(52(46)55-51(43)45)53(40-17-8-16-38(32-40)42-20-9-15-35-14-4-5-18-41(35)42)39-29-26-34(27-30-39)37-28-31-50-47(33-37)44-19-6-7-25-49(44)54-50/h1-33H. The molecule has 0 fully saturated rings. The molecule has 0 N–H and O–H groups in total. The van der Waals surface area contributed by atoms with Crippen LogP contribution >= 0.6 is 0 Å². The van der Waals surface area contributed by atoms with Crippen molar-refractivity contribution in [3.05, 3.63) is 200 Å². The highest BCUT2D eigenvalue weighted by atomic mass is 16.3. The minimum Gasteiger partial charge on any atom is -0.456 e. The largest absolute Gasteiger partial charge is 0.456 e. The van der Waals surface area contributed by atoms with Crippen LogP contribution in [0, 0.1) is 0 Å². The van der Waals surface area contributed by atoms with Gasteiger partial charge in [0.2, 0.25) is 0 Å². The molecular formula is C52H33NO2. The van der Waals surface area contributed by atoms with Gasteiger partial charge in [-0.05, 0) is 87.1 Å². The minimum absolute atomic E-state index is 0.845. The normalized spacial score (nSPS) is 11.6. The van der Waals surface area contributed by atoms with Crippen molar-refractivity contribution in [1.82, 2.24) is 0 Å². The third-order valence-electron chi connectivity index (χ3n) is 10.9. The molecule has 0 saturated carbocycles. The van der Waals surface area contributed by atoms with Gasteiger partial charge in [0.25, 0.3) is 0 Å². The van der Waals surface area contributed by atoms with Crippen molar-refractivity contribution in [1.29, 1.82) is 0 Å². The van der Waals surface area contributed by atoms with E-state index in [-0.39, 0.29) is 0 Å². The van der Waals surface area contributed by atoms with Crippen LogP contribution in [0.15, 0.2) is 209 Å². The Morgan fingerprint density at radius 3 is 1.84 bits per heavy atom. The maximum Gasteiger partial charge on any atom is 0.159 e. The average molecular weight is 704 g/mol. The predicted octanol–water partition coefficient (Wildman–Crippen LogP) is 15.1. The molecule has 55 heavy (non-hydrogen) atoms. The van der Waals surface area contributed by atoms with E-state index in [2.05, 4.69) is 187 Å². The Morgan fingerprint density at radius 1 is 0.309 bits per heavy atom. The van der Waals surface area contributed by atoms with Crippen molar-refractivity contribution >= 4 is 71.7 Å². The van der Waals surface area contributed by atoms with Gasteiger partial charge in [-0.3, -0.25) is 0 Å². The Balaban J connectivity index is 1.09. The van der Waals surface area contributed by atoms with Crippen molar-refractivity contribution in [2.45, 2.75) is 0 Å². The van der Waals surface area contributed by atoms with Gasteiger partial charge < -0.3 is 13.7 Å². The molecule has 0 aliphatic rings. The number of anilines is 3. The third kappa shape index (κ3) is 5.20. The monoisotopic (exact) mass is 703 g/mol. The molecule has 0 radical (unpaired) electrons. The first kappa shape index (κ1) is 31.2. The topological polar surface area (TPSA) is 29.5 Å². The van der Waals surface area contributed by atoms with E-state index in [9.17, 15) is 0 Å². The summed E-state index contributed by atoms with van der Waals surface area (Å²) in [7, 11) is 0. The molecule has 3 heteroatoms. The van der Waals surface area contributed by atoms with E-state index >= 15 is 0 Å². The van der Waals surface area contributed by atoms with Gasteiger partial charge in [0.05, 0.1) is 5.69 Å². The molecular weight excluding hydrogens is 671 g/mol. The molecule has 3 nitrogen and oxygen atoms in total. The van der Waals surface area contributed by atoms with Gasteiger partial charge >= 0.3 is 0 Å².